The first kappa shape index (κ1) is 27.3. The Labute approximate surface area is 207 Å². The molecular formula is C29H34N2O4. The third-order valence-corrected chi connectivity index (χ3v) is 5.21. The average Bonchev–Trinajstić information content (AvgIpc) is 2.85. The van der Waals surface area contributed by atoms with Crippen molar-refractivity contribution in [2.24, 2.45) is 0 Å². The van der Waals surface area contributed by atoms with Crippen molar-refractivity contribution in [2.75, 3.05) is 31.8 Å². The standard InChI is InChI=1S/C27H30N2O3.C2H4O/c1-31-17-2-3-20-4-9-22(10-5-20)23-11-6-21(7-12-23)8-15-27(30)32-18-16-24-13-14-25(28)19-26(24)29;1-2-3/h4-15,19H,2-3,16-18,28-29H2,1H3;2H,1H3/b15-8+;. The third kappa shape index (κ3) is 9.86. The minimum absolute atomic E-state index is 0.262. The van der Waals surface area contributed by atoms with E-state index in [1.54, 1.807) is 25.3 Å². The van der Waals surface area contributed by atoms with E-state index >= 15 is 0 Å². The summed E-state index contributed by atoms with van der Waals surface area (Å²) in [4.78, 5) is 20.8. The highest BCUT2D eigenvalue weighted by molar-refractivity contribution is 5.87. The molecule has 4 N–H and O–H groups in total. The molecule has 0 amide bonds. The van der Waals surface area contributed by atoms with Gasteiger partial charge >= 0.3 is 5.97 Å². The van der Waals surface area contributed by atoms with Gasteiger partial charge in [-0.15, -0.1) is 0 Å². The van der Waals surface area contributed by atoms with Gasteiger partial charge in [-0.2, -0.15) is 0 Å². The molecule has 0 aliphatic rings. The Hall–Kier alpha value is -3.90. The number of esters is 1. The molecule has 0 aromatic heterocycles. The molecule has 0 spiro atoms. The van der Waals surface area contributed by atoms with E-state index in [4.69, 9.17) is 25.7 Å². The van der Waals surface area contributed by atoms with Gasteiger partial charge in [-0.05, 0) is 65.8 Å². The van der Waals surface area contributed by atoms with Crippen LogP contribution in [0.4, 0.5) is 11.4 Å². The van der Waals surface area contributed by atoms with Gasteiger partial charge in [0.2, 0.25) is 0 Å². The van der Waals surface area contributed by atoms with Gasteiger partial charge in [0.15, 0.2) is 0 Å². The first-order valence-corrected chi connectivity index (χ1v) is 11.5. The summed E-state index contributed by atoms with van der Waals surface area (Å²) in [5.74, 6) is -0.382. The Morgan fingerprint density at radius 3 is 2.11 bits per heavy atom. The first-order chi connectivity index (χ1) is 17.0. The molecule has 6 heteroatoms. The van der Waals surface area contributed by atoms with Crippen molar-refractivity contribution in [1.82, 2.24) is 0 Å². The smallest absolute Gasteiger partial charge is 0.330 e. The van der Waals surface area contributed by atoms with Gasteiger partial charge in [0.1, 0.15) is 6.29 Å². The van der Waals surface area contributed by atoms with Crippen LogP contribution in [0.1, 0.15) is 30.0 Å². The zero-order valence-electron chi connectivity index (χ0n) is 20.4. The minimum Gasteiger partial charge on any atom is -0.462 e. The van der Waals surface area contributed by atoms with Crippen LogP contribution in [0.5, 0.6) is 0 Å². The Balaban J connectivity index is 0.00000137. The fraction of sp³-hybridized carbons (Fsp3) is 0.241. The van der Waals surface area contributed by atoms with Crippen LogP contribution in [0, 0.1) is 0 Å². The summed E-state index contributed by atoms with van der Waals surface area (Å²) < 4.78 is 10.4. The van der Waals surface area contributed by atoms with Crippen LogP contribution in [0.2, 0.25) is 0 Å². The van der Waals surface area contributed by atoms with Crippen LogP contribution in [-0.4, -0.2) is 32.6 Å². The Morgan fingerprint density at radius 2 is 1.51 bits per heavy atom. The van der Waals surface area contributed by atoms with Crippen LogP contribution in [-0.2, 0) is 31.9 Å². The number of aryl methyl sites for hydroxylation is 1. The molecule has 0 aliphatic heterocycles. The SMILES string of the molecule is CC=O.COCCCc1ccc(-c2ccc(/C=C/C(=O)OCCc3ccc(N)cc3N)cc2)cc1. The number of ether oxygens (including phenoxy) is 2. The zero-order valence-corrected chi connectivity index (χ0v) is 20.4. The number of anilines is 2. The summed E-state index contributed by atoms with van der Waals surface area (Å²) in [6, 6.07) is 22.0. The molecule has 0 fully saturated rings. The van der Waals surface area contributed by atoms with Gasteiger partial charge in [-0.25, -0.2) is 4.79 Å². The minimum atomic E-state index is -0.382. The van der Waals surface area contributed by atoms with Crippen molar-refractivity contribution in [2.45, 2.75) is 26.2 Å². The molecule has 3 rings (SSSR count). The first-order valence-electron chi connectivity index (χ1n) is 11.5. The molecule has 184 valence electrons. The lowest BCUT2D eigenvalue weighted by Gasteiger charge is -2.07. The van der Waals surface area contributed by atoms with E-state index in [0.29, 0.717) is 17.8 Å². The highest BCUT2D eigenvalue weighted by Crippen LogP contribution is 2.21. The van der Waals surface area contributed by atoms with Crippen LogP contribution >= 0.6 is 0 Å². The molecule has 0 atom stereocenters. The number of methoxy groups -OCH3 is 1. The Bertz CT molecular complexity index is 1090. The molecule has 0 saturated carbocycles. The van der Waals surface area contributed by atoms with E-state index in [1.807, 2.05) is 18.2 Å². The number of hydrogen-bond acceptors (Lipinski definition) is 6. The second-order valence-corrected chi connectivity index (χ2v) is 7.86. The van der Waals surface area contributed by atoms with Crippen molar-refractivity contribution in [3.8, 4) is 11.1 Å². The largest absolute Gasteiger partial charge is 0.462 e. The predicted molar refractivity (Wildman–Crippen MR) is 143 cm³/mol. The van der Waals surface area contributed by atoms with E-state index in [0.717, 1.165) is 48.0 Å². The third-order valence-electron chi connectivity index (χ3n) is 5.21. The summed E-state index contributed by atoms with van der Waals surface area (Å²) in [6.07, 6.45) is 6.53. The van der Waals surface area contributed by atoms with Crippen LogP contribution in [0.25, 0.3) is 17.2 Å². The number of nitrogens with two attached hydrogens (primary N) is 2. The molecule has 35 heavy (non-hydrogen) atoms. The number of nitrogen functional groups attached to an aromatic ring is 2. The summed E-state index contributed by atoms with van der Waals surface area (Å²) in [5.41, 5.74) is 18.3. The van der Waals surface area contributed by atoms with E-state index in [1.165, 1.54) is 18.6 Å². The number of aldehydes is 1. The lowest BCUT2D eigenvalue weighted by Crippen LogP contribution is -2.06. The van der Waals surface area contributed by atoms with E-state index in [2.05, 4.69) is 36.4 Å². The normalized spacial score (nSPS) is 10.5. The molecule has 0 unspecified atom stereocenters. The maximum absolute atomic E-state index is 12.0. The summed E-state index contributed by atoms with van der Waals surface area (Å²) in [5, 5.41) is 0. The lowest BCUT2D eigenvalue weighted by molar-refractivity contribution is -0.137. The summed E-state index contributed by atoms with van der Waals surface area (Å²) in [6.45, 7) is 2.49. The number of rotatable bonds is 10. The van der Waals surface area contributed by atoms with Gasteiger partial charge in [-0.3, -0.25) is 0 Å². The van der Waals surface area contributed by atoms with Crippen molar-refractivity contribution < 1.29 is 19.1 Å². The molecule has 0 bridgehead atoms. The predicted octanol–water partition coefficient (Wildman–Crippen LogP) is 5.10. The molecule has 0 heterocycles. The fourth-order valence-electron chi connectivity index (χ4n) is 3.39. The zero-order chi connectivity index (χ0) is 25.5. The number of carbonyl (C=O) groups is 2. The quantitative estimate of drug-likeness (QED) is 0.139. The lowest BCUT2D eigenvalue weighted by atomic mass is 10.0. The van der Waals surface area contributed by atoms with E-state index in [9.17, 15) is 4.79 Å². The van der Waals surface area contributed by atoms with Gasteiger partial charge in [0, 0.05) is 37.6 Å². The highest BCUT2D eigenvalue weighted by atomic mass is 16.5. The molecule has 0 aliphatic carbocycles. The summed E-state index contributed by atoms with van der Waals surface area (Å²) in [7, 11) is 1.73. The molecular weight excluding hydrogens is 440 g/mol. The van der Waals surface area contributed by atoms with Crippen molar-refractivity contribution in [3.05, 3.63) is 89.5 Å². The number of benzene rings is 3. The van der Waals surface area contributed by atoms with Crippen molar-refractivity contribution in [1.29, 1.82) is 0 Å². The molecule has 3 aromatic rings. The summed E-state index contributed by atoms with van der Waals surface area (Å²) >= 11 is 0. The maximum atomic E-state index is 12.0. The van der Waals surface area contributed by atoms with Crippen LogP contribution < -0.4 is 11.5 Å². The molecule has 6 nitrogen and oxygen atoms in total. The number of hydrogen-bond donors (Lipinski definition) is 2. The average molecular weight is 475 g/mol. The van der Waals surface area contributed by atoms with Crippen LogP contribution in [0.3, 0.4) is 0 Å². The second kappa shape index (κ2) is 15.1. The number of carbonyl (C=O) groups excluding carboxylic acids is 2. The second-order valence-electron chi connectivity index (χ2n) is 7.86. The van der Waals surface area contributed by atoms with Gasteiger partial charge in [0.25, 0.3) is 0 Å². The van der Waals surface area contributed by atoms with Gasteiger partial charge < -0.3 is 25.7 Å². The van der Waals surface area contributed by atoms with E-state index in [-0.39, 0.29) is 12.6 Å². The van der Waals surface area contributed by atoms with Gasteiger partial charge in [0.05, 0.1) is 6.61 Å². The van der Waals surface area contributed by atoms with Crippen LogP contribution in [0.15, 0.2) is 72.8 Å². The van der Waals surface area contributed by atoms with Gasteiger partial charge in [-0.1, -0.05) is 54.6 Å². The molecule has 0 radical (unpaired) electrons. The molecule has 3 aromatic carbocycles. The highest BCUT2D eigenvalue weighted by Gasteiger charge is 2.03. The fourth-order valence-corrected chi connectivity index (χ4v) is 3.39. The maximum Gasteiger partial charge on any atom is 0.330 e. The monoisotopic (exact) mass is 474 g/mol. The van der Waals surface area contributed by atoms with Crippen molar-refractivity contribution >= 4 is 29.7 Å². The Kier molecular flexibility index (Phi) is 11.8. The van der Waals surface area contributed by atoms with Crippen molar-refractivity contribution in [3.63, 3.8) is 0 Å². The van der Waals surface area contributed by atoms with E-state index < -0.39 is 0 Å². The molecule has 0 saturated heterocycles. The Morgan fingerprint density at radius 1 is 0.886 bits per heavy atom. The topological polar surface area (TPSA) is 105 Å².